The lowest BCUT2D eigenvalue weighted by Crippen LogP contribution is -2.58. The third-order valence-corrected chi connectivity index (χ3v) is 3.44. The van der Waals surface area contributed by atoms with Gasteiger partial charge in [-0.2, -0.15) is 0 Å². The molecule has 0 aromatic heterocycles. The van der Waals surface area contributed by atoms with Crippen molar-refractivity contribution < 1.29 is 9.53 Å². The van der Waals surface area contributed by atoms with Gasteiger partial charge in [0.25, 0.3) is 5.91 Å². The van der Waals surface area contributed by atoms with Crippen molar-refractivity contribution in [1.82, 2.24) is 10.2 Å². The van der Waals surface area contributed by atoms with E-state index in [0.29, 0.717) is 6.04 Å². The van der Waals surface area contributed by atoms with Crippen LogP contribution in [0.1, 0.15) is 32.1 Å². The largest absolute Gasteiger partial charge is 0.357 e. The van der Waals surface area contributed by atoms with Crippen LogP contribution >= 0.6 is 0 Å². The summed E-state index contributed by atoms with van der Waals surface area (Å²) in [6.07, 6.45) is 5.77. The summed E-state index contributed by atoms with van der Waals surface area (Å²) in [5, 5.41) is 3.07. The summed E-state index contributed by atoms with van der Waals surface area (Å²) in [4.78, 5) is 14.0. The standard InChI is InChI=1S/C11H20N2O2/c1-15-10-11(14)13(8-7-12-10)9-5-3-2-4-6-9/h9-10,12H,2-8H2,1H3. The zero-order valence-electron chi connectivity index (χ0n) is 9.37. The third kappa shape index (κ3) is 2.32. The molecule has 86 valence electrons. The van der Waals surface area contributed by atoms with Gasteiger partial charge in [0.05, 0.1) is 0 Å². The molecule has 2 rings (SSSR count). The van der Waals surface area contributed by atoms with E-state index < -0.39 is 6.23 Å². The van der Waals surface area contributed by atoms with Gasteiger partial charge >= 0.3 is 0 Å². The predicted molar refractivity (Wildman–Crippen MR) is 57.4 cm³/mol. The van der Waals surface area contributed by atoms with Crippen LogP contribution in [0, 0.1) is 0 Å². The maximum atomic E-state index is 12.0. The summed E-state index contributed by atoms with van der Waals surface area (Å²) < 4.78 is 5.12. The van der Waals surface area contributed by atoms with E-state index in [9.17, 15) is 4.79 Å². The molecule has 15 heavy (non-hydrogen) atoms. The van der Waals surface area contributed by atoms with E-state index in [1.54, 1.807) is 7.11 Å². The first kappa shape index (κ1) is 10.9. The van der Waals surface area contributed by atoms with Crippen molar-refractivity contribution in [3.05, 3.63) is 0 Å². The fourth-order valence-electron chi connectivity index (χ4n) is 2.60. The Bertz CT molecular complexity index is 227. The zero-order valence-corrected chi connectivity index (χ0v) is 9.37. The Morgan fingerprint density at radius 3 is 2.73 bits per heavy atom. The number of rotatable bonds is 2. The topological polar surface area (TPSA) is 41.6 Å². The van der Waals surface area contributed by atoms with Crippen molar-refractivity contribution in [3.63, 3.8) is 0 Å². The van der Waals surface area contributed by atoms with Crippen LogP contribution in [0.5, 0.6) is 0 Å². The predicted octanol–water partition coefficient (Wildman–Crippen LogP) is 0.723. The van der Waals surface area contributed by atoms with Crippen LogP contribution in [0.25, 0.3) is 0 Å². The smallest absolute Gasteiger partial charge is 0.267 e. The Morgan fingerprint density at radius 1 is 1.33 bits per heavy atom. The number of hydrogen-bond acceptors (Lipinski definition) is 3. The highest BCUT2D eigenvalue weighted by atomic mass is 16.5. The second-order valence-electron chi connectivity index (χ2n) is 4.39. The normalized spacial score (nSPS) is 29.5. The molecule has 0 radical (unpaired) electrons. The first-order chi connectivity index (χ1) is 7.33. The molecular weight excluding hydrogens is 192 g/mol. The van der Waals surface area contributed by atoms with E-state index in [1.165, 1.54) is 32.1 Å². The minimum Gasteiger partial charge on any atom is -0.357 e. The van der Waals surface area contributed by atoms with Crippen LogP contribution in [-0.4, -0.2) is 43.3 Å². The minimum absolute atomic E-state index is 0.121. The Hall–Kier alpha value is -0.610. The van der Waals surface area contributed by atoms with Crippen molar-refractivity contribution in [2.24, 2.45) is 0 Å². The first-order valence-corrected chi connectivity index (χ1v) is 5.89. The quantitative estimate of drug-likeness (QED) is 0.733. The van der Waals surface area contributed by atoms with Crippen LogP contribution in [0.3, 0.4) is 0 Å². The molecule has 1 saturated heterocycles. The lowest BCUT2D eigenvalue weighted by atomic mass is 9.93. The van der Waals surface area contributed by atoms with Gasteiger partial charge in [-0.3, -0.25) is 10.1 Å². The van der Waals surface area contributed by atoms with Crippen molar-refractivity contribution >= 4 is 5.91 Å². The Kier molecular flexibility index (Phi) is 3.59. The van der Waals surface area contributed by atoms with E-state index >= 15 is 0 Å². The van der Waals surface area contributed by atoms with Crippen molar-refractivity contribution in [3.8, 4) is 0 Å². The molecule has 1 unspecified atom stereocenters. The van der Waals surface area contributed by atoms with Crippen LogP contribution in [-0.2, 0) is 9.53 Å². The highest BCUT2D eigenvalue weighted by molar-refractivity contribution is 5.81. The van der Waals surface area contributed by atoms with Gasteiger partial charge in [0.15, 0.2) is 6.23 Å². The number of carbonyl (C=O) groups excluding carboxylic acids is 1. The highest BCUT2D eigenvalue weighted by Crippen LogP contribution is 2.23. The lowest BCUT2D eigenvalue weighted by Gasteiger charge is -2.39. The third-order valence-electron chi connectivity index (χ3n) is 3.44. The molecule has 1 aliphatic heterocycles. The van der Waals surface area contributed by atoms with Crippen LogP contribution < -0.4 is 5.32 Å². The second kappa shape index (κ2) is 4.94. The fourth-order valence-corrected chi connectivity index (χ4v) is 2.60. The van der Waals surface area contributed by atoms with Gasteiger partial charge in [0.2, 0.25) is 0 Å². The van der Waals surface area contributed by atoms with Gasteiger partial charge < -0.3 is 9.64 Å². The van der Waals surface area contributed by atoms with Gasteiger partial charge in [0.1, 0.15) is 0 Å². The maximum absolute atomic E-state index is 12.0. The van der Waals surface area contributed by atoms with Crippen molar-refractivity contribution in [1.29, 1.82) is 0 Å². The minimum atomic E-state index is -0.416. The van der Waals surface area contributed by atoms with Gasteiger partial charge in [-0.25, -0.2) is 0 Å². The molecule has 1 aliphatic carbocycles. The average molecular weight is 212 g/mol. The van der Waals surface area contributed by atoms with Gasteiger partial charge in [-0.05, 0) is 12.8 Å². The van der Waals surface area contributed by atoms with Crippen molar-refractivity contribution in [2.75, 3.05) is 20.2 Å². The molecule has 0 aromatic rings. The Morgan fingerprint density at radius 2 is 2.07 bits per heavy atom. The molecule has 4 heteroatoms. The number of piperazine rings is 1. The van der Waals surface area contributed by atoms with Crippen LogP contribution in [0.15, 0.2) is 0 Å². The summed E-state index contributed by atoms with van der Waals surface area (Å²) in [6.45, 7) is 1.68. The molecule has 1 heterocycles. The van der Waals surface area contributed by atoms with Crippen LogP contribution in [0.4, 0.5) is 0 Å². The second-order valence-corrected chi connectivity index (χ2v) is 4.39. The fraction of sp³-hybridized carbons (Fsp3) is 0.909. The zero-order chi connectivity index (χ0) is 10.7. The molecule has 2 fully saturated rings. The summed E-state index contributed by atoms with van der Waals surface area (Å²) in [5.74, 6) is 0.121. The molecule has 4 nitrogen and oxygen atoms in total. The number of methoxy groups -OCH3 is 1. The van der Waals surface area contributed by atoms with Gasteiger partial charge in [-0.1, -0.05) is 19.3 Å². The molecule has 0 aromatic carbocycles. The number of amides is 1. The molecule has 0 spiro atoms. The molecule has 2 aliphatic rings. The number of ether oxygens (including phenoxy) is 1. The average Bonchev–Trinajstić information content (AvgIpc) is 2.30. The lowest BCUT2D eigenvalue weighted by molar-refractivity contribution is -0.151. The molecule has 1 atom stereocenters. The van der Waals surface area contributed by atoms with E-state index in [1.807, 2.05) is 4.90 Å². The molecule has 1 saturated carbocycles. The van der Waals surface area contributed by atoms with Gasteiger partial charge in [-0.15, -0.1) is 0 Å². The summed E-state index contributed by atoms with van der Waals surface area (Å²) in [7, 11) is 1.58. The number of carbonyl (C=O) groups is 1. The van der Waals surface area contributed by atoms with E-state index in [0.717, 1.165) is 13.1 Å². The number of hydrogen-bond donors (Lipinski definition) is 1. The maximum Gasteiger partial charge on any atom is 0.267 e. The monoisotopic (exact) mass is 212 g/mol. The molecule has 1 amide bonds. The molecular formula is C11H20N2O2. The Balaban J connectivity index is 1.97. The highest BCUT2D eigenvalue weighted by Gasteiger charge is 2.33. The summed E-state index contributed by atoms with van der Waals surface area (Å²) in [5.41, 5.74) is 0. The van der Waals surface area contributed by atoms with Gasteiger partial charge in [0, 0.05) is 26.2 Å². The first-order valence-electron chi connectivity index (χ1n) is 5.89. The van der Waals surface area contributed by atoms with Crippen molar-refractivity contribution in [2.45, 2.75) is 44.4 Å². The van der Waals surface area contributed by atoms with E-state index in [-0.39, 0.29) is 5.91 Å². The summed E-state index contributed by atoms with van der Waals surface area (Å²) >= 11 is 0. The number of nitrogens with zero attached hydrogens (tertiary/aromatic N) is 1. The molecule has 1 N–H and O–H groups in total. The summed E-state index contributed by atoms with van der Waals surface area (Å²) in [6, 6.07) is 0.464. The SMILES string of the molecule is COC1NCCN(C2CCCCC2)C1=O. The van der Waals surface area contributed by atoms with Crippen LogP contribution in [0.2, 0.25) is 0 Å². The van der Waals surface area contributed by atoms with E-state index in [4.69, 9.17) is 4.74 Å². The Labute approximate surface area is 91.0 Å². The molecule has 0 bridgehead atoms. The number of nitrogens with one attached hydrogen (secondary N) is 1. The van der Waals surface area contributed by atoms with E-state index in [2.05, 4.69) is 5.32 Å².